The van der Waals surface area contributed by atoms with Crippen molar-refractivity contribution in [2.24, 2.45) is 0 Å². The summed E-state index contributed by atoms with van der Waals surface area (Å²) in [5.41, 5.74) is -4.76. The lowest BCUT2D eigenvalue weighted by Gasteiger charge is -2.41. The third kappa shape index (κ3) is 21.5. The molecule has 53 heavy (non-hydrogen) atoms. The molecular formula is C36H51O16P. The van der Waals surface area contributed by atoms with Crippen molar-refractivity contribution < 1.29 is 75.3 Å². The van der Waals surface area contributed by atoms with Gasteiger partial charge in [0.05, 0.1) is 56.4 Å². The standard InChI is InChI=1S/C36H51O16P/c1-10-28(37)44-22-16-34(7,17-23-45-29(38)11-2)50-53(43,51-35(8,18-24-46-30(39)12-3)19-25-47-31(40)13-4)52-36(9,20-26-48-32(41)14-5)21-27-49-33(42)15-6/h10-15H,1-6,16-27H2,7-9H3. The second-order valence-corrected chi connectivity index (χ2v) is 13.2. The normalized spacial score (nSPS) is 11.5. The molecule has 0 aliphatic heterocycles. The number of ether oxygens (including phenoxy) is 6. The van der Waals surface area contributed by atoms with Gasteiger partial charge in [-0.15, -0.1) is 0 Å². The van der Waals surface area contributed by atoms with Crippen LogP contribution < -0.4 is 0 Å². The van der Waals surface area contributed by atoms with Crippen LogP contribution in [0.5, 0.6) is 0 Å². The second kappa shape index (κ2) is 24.6. The average molecular weight is 771 g/mol. The fourth-order valence-electron chi connectivity index (χ4n) is 4.07. The van der Waals surface area contributed by atoms with Gasteiger partial charge in [0.1, 0.15) is 0 Å². The van der Waals surface area contributed by atoms with Crippen molar-refractivity contribution in [3.8, 4) is 0 Å². The predicted molar refractivity (Wildman–Crippen MR) is 191 cm³/mol. The zero-order valence-electron chi connectivity index (χ0n) is 30.7. The van der Waals surface area contributed by atoms with Gasteiger partial charge in [-0.1, -0.05) is 39.5 Å². The quantitative estimate of drug-likeness (QED) is 0.0402. The fraction of sp³-hybridized carbons (Fsp3) is 0.500. The van der Waals surface area contributed by atoms with Gasteiger partial charge in [-0.3, -0.25) is 13.6 Å². The summed E-state index contributed by atoms with van der Waals surface area (Å²) in [5, 5.41) is 0. The van der Waals surface area contributed by atoms with Gasteiger partial charge in [0.25, 0.3) is 0 Å². The third-order valence-corrected chi connectivity index (χ3v) is 9.24. The van der Waals surface area contributed by atoms with Crippen LogP contribution in [0.3, 0.4) is 0 Å². The number of carbonyl (C=O) groups is 6. The molecule has 0 radical (unpaired) electrons. The van der Waals surface area contributed by atoms with Crippen LogP contribution in [0.15, 0.2) is 75.9 Å². The maximum absolute atomic E-state index is 15.2. The molecule has 0 N–H and O–H groups in total. The molecule has 16 nitrogen and oxygen atoms in total. The Morgan fingerprint density at radius 1 is 0.396 bits per heavy atom. The molecule has 0 amide bonds. The molecule has 296 valence electrons. The van der Waals surface area contributed by atoms with Gasteiger partial charge < -0.3 is 28.4 Å². The molecule has 0 aromatic rings. The molecule has 0 aromatic carbocycles. The van der Waals surface area contributed by atoms with E-state index in [9.17, 15) is 28.8 Å². The van der Waals surface area contributed by atoms with Gasteiger partial charge in [-0.2, -0.15) is 0 Å². The minimum atomic E-state index is -4.97. The Bertz CT molecular complexity index is 1140. The molecule has 0 bridgehead atoms. The summed E-state index contributed by atoms with van der Waals surface area (Å²) in [6.45, 7) is 22.8. The van der Waals surface area contributed by atoms with Crippen LogP contribution in [0.2, 0.25) is 0 Å². The van der Waals surface area contributed by atoms with Crippen molar-refractivity contribution in [3.05, 3.63) is 75.9 Å². The molecule has 0 aromatic heterocycles. The number of rotatable bonds is 30. The van der Waals surface area contributed by atoms with Crippen molar-refractivity contribution >= 4 is 43.6 Å². The van der Waals surface area contributed by atoms with Crippen LogP contribution in [-0.2, 0) is 75.3 Å². The van der Waals surface area contributed by atoms with E-state index in [4.69, 9.17) is 42.0 Å². The van der Waals surface area contributed by atoms with E-state index in [0.29, 0.717) is 0 Å². The Hall–Kier alpha value is -4.63. The van der Waals surface area contributed by atoms with Crippen LogP contribution in [0.4, 0.5) is 0 Å². The Morgan fingerprint density at radius 3 is 0.679 bits per heavy atom. The molecular weight excluding hydrogens is 719 g/mol. The lowest BCUT2D eigenvalue weighted by atomic mass is 9.99. The van der Waals surface area contributed by atoms with Gasteiger partial charge >= 0.3 is 43.6 Å². The Balaban J connectivity index is 7.14. The molecule has 0 aliphatic carbocycles. The molecule has 0 spiro atoms. The first-order valence-electron chi connectivity index (χ1n) is 16.3. The van der Waals surface area contributed by atoms with Gasteiger partial charge in [0.15, 0.2) is 0 Å². The van der Waals surface area contributed by atoms with Crippen molar-refractivity contribution in [2.45, 2.75) is 76.1 Å². The Labute approximate surface area is 310 Å². The van der Waals surface area contributed by atoms with E-state index in [0.717, 1.165) is 36.5 Å². The van der Waals surface area contributed by atoms with Crippen molar-refractivity contribution in [2.75, 3.05) is 39.6 Å². The first kappa shape index (κ1) is 48.4. The van der Waals surface area contributed by atoms with Crippen LogP contribution in [0, 0.1) is 0 Å². The highest BCUT2D eigenvalue weighted by atomic mass is 31.2. The summed E-state index contributed by atoms with van der Waals surface area (Å²) in [6.07, 6.45) is 4.74. The number of carbonyl (C=O) groups excluding carboxylic acids is 6. The van der Waals surface area contributed by atoms with Crippen molar-refractivity contribution in [1.82, 2.24) is 0 Å². The van der Waals surface area contributed by atoms with E-state index in [2.05, 4.69) is 39.5 Å². The predicted octanol–water partition coefficient (Wildman–Crippen LogP) is 5.14. The monoisotopic (exact) mass is 770 g/mol. The zero-order valence-corrected chi connectivity index (χ0v) is 31.6. The average Bonchev–Trinajstić information content (AvgIpc) is 3.10. The van der Waals surface area contributed by atoms with Gasteiger partial charge in [0.2, 0.25) is 0 Å². The van der Waals surface area contributed by atoms with Crippen LogP contribution >= 0.6 is 7.82 Å². The summed E-state index contributed by atoms with van der Waals surface area (Å²) in [6, 6.07) is 0. The first-order chi connectivity index (χ1) is 24.8. The van der Waals surface area contributed by atoms with Crippen LogP contribution in [-0.4, -0.2) is 92.3 Å². The van der Waals surface area contributed by atoms with Crippen LogP contribution in [0.1, 0.15) is 59.3 Å². The maximum atomic E-state index is 15.2. The molecule has 0 rings (SSSR count). The lowest BCUT2D eigenvalue weighted by molar-refractivity contribution is -0.141. The number of phosphoric ester groups is 1. The fourth-order valence-corrected chi connectivity index (χ4v) is 6.35. The van der Waals surface area contributed by atoms with Crippen molar-refractivity contribution in [1.29, 1.82) is 0 Å². The summed E-state index contributed by atoms with van der Waals surface area (Å²) in [5.74, 6) is -4.54. The summed E-state index contributed by atoms with van der Waals surface area (Å²) in [4.78, 5) is 71.1. The van der Waals surface area contributed by atoms with E-state index in [1.807, 2.05) is 0 Å². The van der Waals surface area contributed by atoms with Crippen LogP contribution in [0.25, 0.3) is 0 Å². The lowest BCUT2D eigenvalue weighted by Crippen LogP contribution is -2.39. The number of hydrogen-bond acceptors (Lipinski definition) is 16. The Kier molecular flexibility index (Phi) is 22.4. The smallest absolute Gasteiger partial charge is 0.462 e. The highest BCUT2D eigenvalue weighted by Gasteiger charge is 2.48. The van der Waals surface area contributed by atoms with Gasteiger partial charge in [-0.25, -0.2) is 33.3 Å². The topological polar surface area (TPSA) is 203 Å². The zero-order chi connectivity index (χ0) is 40.6. The number of hydrogen-bond donors (Lipinski definition) is 0. The molecule has 0 fully saturated rings. The highest BCUT2D eigenvalue weighted by molar-refractivity contribution is 7.48. The van der Waals surface area contributed by atoms with Crippen molar-refractivity contribution in [3.63, 3.8) is 0 Å². The van der Waals surface area contributed by atoms with Gasteiger partial charge in [-0.05, 0) is 20.8 Å². The van der Waals surface area contributed by atoms with E-state index in [1.54, 1.807) is 0 Å². The molecule has 17 heteroatoms. The molecule has 0 saturated carbocycles. The second-order valence-electron chi connectivity index (χ2n) is 11.8. The third-order valence-electron chi connectivity index (χ3n) is 7.25. The van der Waals surface area contributed by atoms with E-state index >= 15 is 4.57 Å². The first-order valence-corrected chi connectivity index (χ1v) is 17.8. The summed E-state index contributed by atoms with van der Waals surface area (Å²) >= 11 is 0. The molecule has 0 saturated heterocycles. The molecule has 0 aliphatic rings. The highest BCUT2D eigenvalue weighted by Crippen LogP contribution is 2.60. The molecule has 0 unspecified atom stereocenters. The number of phosphoric acid groups is 1. The SMILES string of the molecule is C=CC(=O)OCCC(C)(CCOC(=O)C=C)OP(=O)(OC(C)(CCOC(=O)C=C)CCOC(=O)C=C)OC(C)(CCOC(=O)C=C)CCOC(=O)C=C. The number of esters is 6. The van der Waals surface area contributed by atoms with Gasteiger partial charge in [0, 0.05) is 75.0 Å². The largest absolute Gasteiger partial charge is 0.476 e. The minimum absolute atomic E-state index is 0.149. The Morgan fingerprint density at radius 2 is 0.547 bits per heavy atom. The van der Waals surface area contributed by atoms with E-state index in [-0.39, 0.29) is 78.2 Å². The summed E-state index contributed by atoms with van der Waals surface area (Å²) in [7, 11) is -4.97. The van der Waals surface area contributed by atoms with E-state index < -0.39 is 60.4 Å². The maximum Gasteiger partial charge on any atom is 0.476 e. The molecule has 0 heterocycles. The molecule has 0 atom stereocenters. The van der Waals surface area contributed by atoms with E-state index in [1.165, 1.54) is 20.8 Å². The minimum Gasteiger partial charge on any atom is -0.462 e. The summed E-state index contributed by atoms with van der Waals surface area (Å²) < 4.78 is 64.7.